The van der Waals surface area contributed by atoms with Crippen LogP contribution in [0, 0.1) is 5.92 Å². The fourth-order valence-corrected chi connectivity index (χ4v) is 6.39. The first-order valence-corrected chi connectivity index (χ1v) is 11.8. The van der Waals surface area contributed by atoms with Crippen molar-refractivity contribution in [1.82, 2.24) is 0 Å². The minimum atomic E-state index is -3.64. The van der Waals surface area contributed by atoms with Crippen LogP contribution in [0.5, 0.6) is 0 Å². The number of sulfonamides is 1. The molecule has 3 aromatic rings. The maximum absolute atomic E-state index is 12.9. The van der Waals surface area contributed by atoms with Crippen LogP contribution < -0.4 is 9.73 Å². The first kappa shape index (κ1) is 19.2. The van der Waals surface area contributed by atoms with E-state index in [9.17, 15) is 13.2 Å². The molecule has 1 aliphatic rings. The van der Waals surface area contributed by atoms with Gasteiger partial charge in [-0.25, -0.2) is 8.42 Å². The van der Waals surface area contributed by atoms with Gasteiger partial charge in [0.1, 0.15) is 0 Å². The van der Waals surface area contributed by atoms with Crippen LogP contribution in [0.1, 0.15) is 30.2 Å². The van der Waals surface area contributed by atoms with Gasteiger partial charge in [0.25, 0.3) is 10.0 Å². The zero-order valence-electron chi connectivity index (χ0n) is 16.0. The van der Waals surface area contributed by atoms with Crippen LogP contribution in [0.4, 0.5) is 5.69 Å². The third kappa shape index (κ3) is 3.25. The highest BCUT2D eigenvalue weighted by Crippen LogP contribution is 2.34. The summed E-state index contributed by atoms with van der Waals surface area (Å²) in [6.07, 6.45) is 4.00. The zero-order chi connectivity index (χ0) is 19.9. The maximum atomic E-state index is 12.9. The van der Waals surface area contributed by atoms with Crippen molar-refractivity contribution in [2.75, 3.05) is 11.4 Å². The van der Waals surface area contributed by atoms with Crippen molar-refractivity contribution >= 4 is 37.1 Å². The van der Waals surface area contributed by atoms with Crippen LogP contribution in [0.3, 0.4) is 0 Å². The standard InChI is InChI=1S/C22H23NO3S2/c1-3-15-9-11-18-20(13-15)27-21-14-16(10-12-19(21)22(18)24)23(2)28(25,26)17-7-5-4-6-8-17/h4-8,10,12,14-15H,3,9,11,13H2,1-2H3. The van der Waals surface area contributed by atoms with Crippen molar-refractivity contribution < 1.29 is 8.42 Å². The Hall–Kier alpha value is -2.18. The van der Waals surface area contributed by atoms with E-state index in [1.165, 1.54) is 9.18 Å². The molecule has 1 unspecified atom stereocenters. The van der Waals surface area contributed by atoms with Gasteiger partial charge < -0.3 is 0 Å². The zero-order valence-corrected chi connectivity index (χ0v) is 17.6. The molecule has 1 atom stereocenters. The second kappa shape index (κ2) is 7.33. The molecule has 0 radical (unpaired) electrons. The number of benzene rings is 2. The number of rotatable bonds is 4. The molecule has 4 nitrogen and oxygen atoms in total. The van der Waals surface area contributed by atoms with Crippen LogP contribution >= 0.6 is 11.3 Å². The van der Waals surface area contributed by atoms with Gasteiger partial charge in [-0.1, -0.05) is 31.5 Å². The highest BCUT2D eigenvalue weighted by atomic mass is 32.2. The highest BCUT2D eigenvalue weighted by Gasteiger charge is 2.24. The van der Waals surface area contributed by atoms with E-state index in [0.29, 0.717) is 17.0 Å². The van der Waals surface area contributed by atoms with Gasteiger partial charge in [-0.15, -0.1) is 11.3 Å². The van der Waals surface area contributed by atoms with Crippen molar-refractivity contribution in [2.24, 2.45) is 5.92 Å². The smallest absolute Gasteiger partial charge is 0.264 e. The molecular weight excluding hydrogens is 390 g/mol. The monoisotopic (exact) mass is 413 g/mol. The number of hydrogen-bond acceptors (Lipinski definition) is 4. The Morgan fingerprint density at radius 2 is 1.89 bits per heavy atom. The molecule has 6 heteroatoms. The van der Waals surface area contributed by atoms with Crippen molar-refractivity contribution in [2.45, 2.75) is 37.5 Å². The largest absolute Gasteiger partial charge is 0.289 e. The van der Waals surface area contributed by atoms with E-state index in [-0.39, 0.29) is 10.3 Å². The molecule has 1 aromatic heterocycles. The fraction of sp³-hybridized carbons (Fsp3) is 0.318. The van der Waals surface area contributed by atoms with E-state index >= 15 is 0 Å². The second-order valence-corrected chi connectivity index (χ2v) is 10.4. The first-order valence-electron chi connectivity index (χ1n) is 9.54. The van der Waals surface area contributed by atoms with E-state index in [0.717, 1.165) is 35.9 Å². The van der Waals surface area contributed by atoms with E-state index in [1.807, 2.05) is 6.07 Å². The van der Waals surface area contributed by atoms with Crippen LogP contribution in [-0.4, -0.2) is 15.5 Å². The molecule has 0 saturated heterocycles. The van der Waals surface area contributed by atoms with Gasteiger partial charge in [0, 0.05) is 27.6 Å². The summed E-state index contributed by atoms with van der Waals surface area (Å²) in [5.74, 6) is 0.630. The Bertz CT molecular complexity index is 1180. The Balaban J connectivity index is 1.79. The van der Waals surface area contributed by atoms with E-state index in [1.54, 1.807) is 60.8 Å². The predicted octanol–water partition coefficient (Wildman–Crippen LogP) is 4.60. The number of nitrogens with zero attached hydrogens (tertiary/aromatic N) is 1. The third-order valence-corrected chi connectivity index (χ3v) is 8.69. The highest BCUT2D eigenvalue weighted by molar-refractivity contribution is 7.92. The molecule has 4 rings (SSSR count). The van der Waals surface area contributed by atoms with E-state index in [2.05, 4.69) is 6.92 Å². The van der Waals surface area contributed by atoms with Gasteiger partial charge in [0.15, 0.2) is 5.43 Å². The van der Waals surface area contributed by atoms with Gasteiger partial charge >= 0.3 is 0 Å². The number of hydrogen-bond donors (Lipinski definition) is 0. The summed E-state index contributed by atoms with van der Waals surface area (Å²) in [7, 11) is -2.09. The molecule has 0 saturated carbocycles. The molecule has 0 fully saturated rings. The third-order valence-electron chi connectivity index (χ3n) is 5.67. The summed E-state index contributed by atoms with van der Waals surface area (Å²) in [5.41, 5.74) is 1.63. The summed E-state index contributed by atoms with van der Waals surface area (Å²) in [5, 5.41) is 0.688. The summed E-state index contributed by atoms with van der Waals surface area (Å²) < 4.78 is 28.0. The lowest BCUT2D eigenvalue weighted by atomic mass is 9.87. The lowest BCUT2D eigenvalue weighted by Crippen LogP contribution is -2.26. The van der Waals surface area contributed by atoms with Gasteiger partial charge in [-0.2, -0.15) is 0 Å². The minimum Gasteiger partial charge on any atom is -0.289 e. The molecule has 1 aliphatic carbocycles. The Kier molecular flexibility index (Phi) is 5.02. The Morgan fingerprint density at radius 3 is 2.61 bits per heavy atom. The predicted molar refractivity (Wildman–Crippen MR) is 116 cm³/mol. The lowest BCUT2D eigenvalue weighted by molar-refractivity contribution is 0.448. The molecule has 0 aliphatic heterocycles. The normalized spacial score (nSPS) is 16.7. The summed E-state index contributed by atoms with van der Waals surface area (Å²) in [4.78, 5) is 14.4. The molecule has 0 spiro atoms. The van der Waals surface area contributed by atoms with Crippen molar-refractivity contribution in [3.05, 3.63) is 69.2 Å². The Morgan fingerprint density at radius 1 is 1.14 bits per heavy atom. The van der Waals surface area contributed by atoms with Crippen LogP contribution in [0.2, 0.25) is 0 Å². The quantitative estimate of drug-likeness (QED) is 0.628. The molecule has 0 bridgehead atoms. The van der Waals surface area contributed by atoms with Gasteiger partial charge in [-0.05, 0) is 55.5 Å². The Labute approximate surface area is 169 Å². The molecule has 0 N–H and O–H groups in total. The molecule has 0 amide bonds. The van der Waals surface area contributed by atoms with Crippen molar-refractivity contribution in [3.63, 3.8) is 0 Å². The average Bonchev–Trinajstić information content (AvgIpc) is 2.73. The molecule has 2 aromatic carbocycles. The fourth-order valence-electron chi connectivity index (χ4n) is 3.83. The topological polar surface area (TPSA) is 54.5 Å². The molecular formula is C22H23NO3S2. The second-order valence-electron chi connectivity index (χ2n) is 7.32. The van der Waals surface area contributed by atoms with E-state index in [4.69, 9.17) is 0 Å². The SMILES string of the molecule is CCC1CCc2c(sc3cc(N(C)S(=O)(=O)c4ccccc4)ccc3c2=O)C1. The van der Waals surface area contributed by atoms with Gasteiger partial charge in [0.2, 0.25) is 0 Å². The summed E-state index contributed by atoms with van der Waals surface area (Å²) >= 11 is 1.64. The van der Waals surface area contributed by atoms with Gasteiger partial charge in [-0.3, -0.25) is 9.10 Å². The number of fused-ring (bicyclic) bond motifs is 2. The number of anilines is 1. The van der Waals surface area contributed by atoms with Crippen LogP contribution in [0.25, 0.3) is 10.1 Å². The summed E-state index contributed by atoms with van der Waals surface area (Å²) in [6.45, 7) is 2.20. The molecule has 28 heavy (non-hydrogen) atoms. The van der Waals surface area contributed by atoms with Crippen molar-refractivity contribution in [1.29, 1.82) is 0 Å². The first-order chi connectivity index (χ1) is 13.4. The molecule has 1 heterocycles. The molecule has 146 valence electrons. The minimum absolute atomic E-state index is 0.110. The van der Waals surface area contributed by atoms with E-state index < -0.39 is 10.0 Å². The average molecular weight is 414 g/mol. The maximum Gasteiger partial charge on any atom is 0.264 e. The lowest BCUT2D eigenvalue weighted by Gasteiger charge is -2.23. The van der Waals surface area contributed by atoms with Gasteiger partial charge in [0.05, 0.1) is 10.6 Å². The van der Waals surface area contributed by atoms with Crippen LogP contribution in [0.15, 0.2) is 58.2 Å². The summed E-state index contributed by atoms with van der Waals surface area (Å²) in [6, 6.07) is 13.7. The van der Waals surface area contributed by atoms with Crippen LogP contribution in [-0.2, 0) is 22.9 Å². The van der Waals surface area contributed by atoms with Crippen molar-refractivity contribution in [3.8, 4) is 0 Å².